The summed E-state index contributed by atoms with van der Waals surface area (Å²) in [5.74, 6) is 1.55. The van der Waals surface area contributed by atoms with Gasteiger partial charge in [-0.1, -0.05) is 55.4 Å². The van der Waals surface area contributed by atoms with Gasteiger partial charge in [0.25, 0.3) is 0 Å². The van der Waals surface area contributed by atoms with Gasteiger partial charge >= 0.3 is 0 Å². The molecule has 1 saturated heterocycles. The zero-order valence-electron chi connectivity index (χ0n) is 23.1. The zero-order chi connectivity index (χ0) is 25.5. The Balaban J connectivity index is 0.00000432. The maximum atomic E-state index is 13.4. The molecule has 2 N–H and O–H groups in total. The molecule has 0 bridgehead atoms. The molecular formula is C29H47BrN2O3. The van der Waals surface area contributed by atoms with Crippen molar-refractivity contribution in [3.05, 3.63) is 28.8 Å². The number of ketones is 1. The number of aliphatic imine (C=N–C) groups is 1. The summed E-state index contributed by atoms with van der Waals surface area (Å²) < 4.78 is 0. The fraction of sp³-hybridized carbons (Fsp3) is 0.724. The average Bonchev–Trinajstić information content (AvgIpc) is 3.28. The Kier molecular flexibility index (Phi) is 9.44. The van der Waals surface area contributed by atoms with E-state index in [2.05, 4.69) is 46.4 Å². The van der Waals surface area contributed by atoms with E-state index in [0.717, 1.165) is 49.9 Å². The number of rotatable bonds is 7. The van der Waals surface area contributed by atoms with E-state index in [1.165, 1.54) is 5.71 Å². The van der Waals surface area contributed by atoms with E-state index in [1.807, 2.05) is 26.0 Å². The molecule has 0 spiro atoms. The van der Waals surface area contributed by atoms with Crippen LogP contribution in [-0.4, -0.2) is 58.4 Å². The minimum Gasteiger partial charge on any atom is -0.507 e. The van der Waals surface area contributed by atoms with Gasteiger partial charge in [0.15, 0.2) is 5.78 Å². The molecule has 1 aliphatic carbocycles. The summed E-state index contributed by atoms with van der Waals surface area (Å²) >= 11 is 0. The van der Waals surface area contributed by atoms with Crippen LogP contribution in [0.15, 0.2) is 17.1 Å². The fourth-order valence-electron chi connectivity index (χ4n) is 5.41. The first kappa shape index (κ1) is 30.0. The summed E-state index contributed by atoms with van der Waals surface area (Å²) in [7, 11) is 0. The van der Waals surface area contributed by atoms with Gasteiger partial charge in [-0.05, 0) is 60.5 Å². The number of likely N-dealkylation sites (tertiary alicyclic amines) is 1. The van der Waals surface area contributed by atoms with Gasteiger partial charge in [0.1, 0.15) is 5.75 Å². The Hall–Kier alpha value is -1.24. The number of hydrogen-bond acceptors (Lipinski definition) is 5. The highest BCUT2D eigenvalue weighted by Gasteiger charge is 2.40. The van der Waals surface area contributed by atoms with Crippen molar-refractivity contribution in [3.8, 4) is 5.75 Å². The molecular weight excluding hydrogens is 504 g/mol. The zero-order valence-corrected chi connectivity index (χ0v) is 24.8. The number of phenolic OH excluding ortho intramolecular Hbond substituents is 1. The van der Waals surface area contributed by atoms with Gasteiger partial charge < -0.3 is 10.2 Å². The number of aromatic hydroxyl groups is 1. The van der Waals surface area contributed by atoms with E-state index in [1.54, 1.807) is 0 Å². The van der Waals surface area contributed by atoms with E-state index in [4.69, 9.17) is 4.99 Å². The fourth-order valence-corrected chi connectivity index (χ4v) is 5.41. The standard InChI is InChI=1S/C29H46N2O3.BrH/c1-9-29(34,10-2)18-30-22-11-20-15-31(16-21(20)12-22)17-25(32)19-13-23(27(3,4)5)26(33)24(14-19)28(6,7)8;/h13-14,20-21,33-34H,9-12,15-18H2,1-8H3;1H. The molecule has 1 aliphatic heterocycles. The van der Waals surface area contributed by atoms with Crippen molar-refractivity contribution in [2.75, 3.05) is 26.2 Å². The number of phenols is 1. The summed E-state index contributed by atoms with van der Waals surface area (Å²) in [5, 5.41) is 21.5. The maximum Gasteiger partial charge on any atom is 0.176 e. The average molecular weight is 552 g/mol. The highest BCUT2D eigenvalue weighted by molar-refractivity contribution is 8.93. The largest absolute Gasteiger partial charge is 0.507 e. The first-order chi connectivity index (χ1) is 15.7. The third-order valence-corrected chi connectivity index (χ3v) is 7.98. The van der Waals surface area contributed by atoms with Crippen LogP contribution in [-0.2, 0) is 10.8 Å². The lowest BCUT2D eigenvalue weighted by molar-refractivity contribution is 0.0418. The van der Waals surface area contributed by atoms with Gasteiger partial charge in [0.2, 0.25) is 0 Å². The lowest BCUT2D eigenvalue weighted by Crippen LogP contribution is -2.31. The van der Waals surface area contributed by atoms with Gasteiger partial charge in [-0.2, -0.15) is 0 Å². The number of Topliss-reactive ketones (excluding diaryl/α,β-unsaturated/α-hetero) is 1. The molecule has 0 radical (unpaired) electrons. The lowest BCUT2D eigenvalue weighted by atomic mass is 9.78. The predicted octanol–water partition coefficient (Wildman–Crippen LogP) is 6.08. The van der Waals surface area contributed by atoms with Crippen molar-refractivity contribution in [3.63, 3.8) is 0 Å². The van der Waals surface area contributed by atoms with E-state index in [0.29, 0.717) is 36.2 Å². The number of halogens is 1. The predicted molar refractivity (Wildman–Crippen MR) is 151 cm³/mol. The molecule has 5 nitrogen and oxygen atoms in total. The van der Waals surface area contributed by atoms with E-state index >= 15 is 0 Å². The second kappa shape index (κ2) is 11.0. The number of benzene rings is 1. The molecule has 0 amide bonds. The number of aliphatic hydroxyl groups is 1. The third-order valence-electron chi connectivity index (χ3n) is 7.98. The van der Waals surface area contributed by atoms with Crippen LogP contribution in [0.3, 0.4) is 0 Å². The molecule has 1 heterocycles. The van der Waals surface area contributed by atoms with Crippen LogP contribution in [0, 0.1) is 11.8 Å². The van der Waals surface area contributed by atoms with Crippen LogP contribution < -0.4 is 0 Å². The Morgan fingerprint density at radius 1 is 0.971 bits per heavy atom. The molecule has 2 fully saturated rings. The van der Waals surface area contributed by atoms with Crippen molar-refractivity contribution in [1.82, 2.24) is 4.90 Å². The molecule has 35 heavy (non-hydrogen) atoms. The molecule has 1 aromatic rings. The van der Waals surface area contributed by atoms with Gasteiger partial charge in [0.05, 0.1) is 18.7 Å². The van der Waals surface area contributed by atoms with Gasteiger partial charge in [-0.3, -0.25) is 14.7 Å². The van der Waals surface area contributed by atoms with Crippen LogP contribution in [0.4, 0.5) is 0 Å². The van der Waals surface area contributed by atoms with Crippen molar-refractivity contribution in [1.29, 1.82) is 0 Å². The smallest absolute Gasteiger partial charge is 0.176 e. The number of nitrogens with zero attached hydrogens (tertiary/aromatic N) is 2. The quantitative estimate of drug-likeness (QED) is 0.403. The molecule has 1 aromatic carbocycles. The summed E-state index contributed by atoms with van der Waals surface area (Å²) in [5.41, 5.74) is 2.44. The van der Waals surface area contributed by atoms with Gasteiger partial charge in [0, 0.05) is 35.5 Å². The Morgan fingerprint density at radius 3 is 1.83 bits per heavy atom. The summed E-state index contributed by atoms with van der Waals surface area (Å²) in [4.78, 5) is 20.4. The minimum atomic E-state index is -0.676. The topological polar surface area (TPSA) is 73.1 Å². The Morgan fingerprint density at radius 2 is 1.43 bits per heavy atom. The molecule has 2 aliphatic rings. The normalized spacial score (nSPS) is 21.1. The Bertz CT molecular complexity index is 887. The summed E-state index contributed by atoms with van der Waals surface area (Å²) in [6.07, 6.45) is 3.43. The SMILES string of the molecule is Br.CCC(O)(CC)CN=C1CC2CN(CC(=O)c3cc(C(C)(C)C)c(O)c(C(C)(C)C)c3)CC2C1. The maximum absolute atomic E-state index is 13.4. The van der Waals surface area contributed by atoms with Crippen LogP contribution >= 0.6 is 17.0 Å². The summed E-state index contributed by atoms with van der Waals surface area (Å²) in [6, 6.07) is 3.80. The van der Waals surface area contributed by atoms with Crippen molar-refractivity contribution in [2.45, 2.75) is 97.5 Å². The van der Waals surface area contributed by atoms with Crippen molar-refractivity contribution >= 4 is 28.5 Å². The van der Waals surface area contributed by atoms with E-state index in [9.17, 15) is 15.0 Å². The minimum absolute atomic E-state index is 0. The van der Waals surface area contributed by atoms with E-state index in [-0.39, 0.29) is 33.6 Å². The second-order valence-electron chi connectivity index (χ2n) is 12.8. The van der Waals surface area contributed by atoms with Crippen LogP contribution in [0.25, 0.3) is 0 Å². The van der Waals surface area contributed by atoms with Crippen LogP contribution in [0.5, 0.6) is 5.75 Å². The number of carbonyl (C=O) groups excluding carboxylic acids is 1. The molecule has 6 heteroatoms. The third kappa shape index (κ3) is 6.95. The van der Waals surface area contributed by atoms with Crippen LogP contribution in [0.1, 0.15) is 103 Å². The molecule has 198 valence electrons. The van der Waals surface area contributed by atoms with E-state index < -0.39 is 5.60 Å². The molecule has 1 saturated carbocycles. The number of carbonyl (C=O) groups is 1. The first-order valence-corrected chi connectivity index (χ1v) is 13.0. The monoisotopic (exact) mass is 550 g/mol. The highest BCUT2D eigenvalue weighted by Crippen LogP contribution is 2.40. The van der Waals surface area contributed by atoms with Gasteiger partial charge in [-0.15, -0.1) is 17.0 Å². The molecule has 2 atom stereocenters. The lowest BCUT2D eigenvalue weighted by Gasteiger charge is -2.28. The molecule has 3 rings (SSSR count). The molecule has 0 aromatic heterocycles. The number of hydrogen-bond donors (Lipinski definition) is 2. The van der Waals surface area contributed by atoms with Gasteiger partial charge in [-0.25, -0.2) is 0 Å². The van der Waals surface area contributed by atoms with Crippen LogP contribution in [0.2, 0.25) is 0 Å². The Labute approximate surface area is 223 Å². The summed E-state index contributed by atoms with van der Waals surface area (Å²) in [6.45, 7) is 19.3. The number of fused-ring (bicyclic) bond motifs is 1. The van der Waals surface area contributed by atoms with Crippen molar-refractivity contribution in [2.24, 2.45) is 16.8 Å². The highest BCUT2D eigenvalue weighted by atomic mass is 79.9. The second-order valence-corrected chi connectivity index (χ2v) is 12.8. The van der Waals surface area contributed by atoms with Crippen molar-refractivity contribution < 1.29 is 15.0 Å². The first-order valence-electron chi connectivity index (χ1n) is 13.0. The molecule has 2 unspecified atom stereocenters.